The van der Waals surface area contributed by atoms with Crippen LogP contribution >= 0.6 is 0 Å². The molecule has 0 unspecified atom stereocenters. The third-order valence-electron chi connectivity index (χ3n) is 14.7. The molecule has 0 aromatic rings. The van der Waals surface area contributed by atoms with E-state index in [1.165, 1.54) is 18.4 Å². The Balaban J connectivity index is 1.30. The summed E-state index contributed by atoms with van der Waals surface area (Å²) < 4.78 is 5.95. The van der Waals surface area contributed by atoms with E-state index in [-0.39, 0.29) is 50.8 Å². The van der Waals surface area contributed by atoms with Crippen LogP contribution in [-0.2, 0) is 19.1 Å². The lowest BCUT2D eigenvalue weighted by Gasteiger charge is -2.69. The second kappa shape index (κ2) is 9.50. The van der Waals surface area contributed by atoms with Crippen LogP contribution in [0.2, 0.25) is 0 Å². The van der Waals surface area contributed by atoms with Gasteiger partial charge in [0, 0.05) is 24.3 Å². The molecule has 0 spiro atoms. The minimum absolute atomic E-state index is 0.0417. The van der Waals surface area contributed by atoms with Gasteiger partial charge in [-0.05, 0) is 124 Å². The van der Waals surface area contributed by atoms with Crippen LogP contribution in [0.3, 0.4) is 0 Å². The number of esters is 1. The van der Waals surface area contributed by atoms with Gasteiger partial charge in [0.15, 0.2) is 5.78 Å². The SMILES string of the molecule is CC1(C)C(=O)CC[C@]2(C)[C@H]3C(=O)C=C4[C@@H]5C[C@@](C)(C(=O)OCCN6CCCC6)CC[C@]5(C)CC[C@@]4(C)[C@]3(C)CC[C@@H]12. The number of hydrogen-bond donors (Lipinski definition) is 0. The molecule has 5 nitrogen and oxygen atoms in total. The number of hydrogen-bond acceptors (Lipinski definition) is 5. The largest absolute Gasteiger partial charge is 0.464 e. The monoisotopic (exact) mass is 565 g/mol. The first-order valence-corrected chi connectivity index (χ1v) is 16.8. The van der Waals surface area contributed by atoms with Crippen LogP contribution in [0.1, 0.15) is 119 Å². The number of Topliss-reactive ketones (excluding diaryl/α,β-unsaturated/α-hetero) is 1. The standard InChI is InChI=1S/C36H55NO4/c1-31(2)27-10-13-36(7)29(34(27,5)12-11-28(31)39)26(38)22-24-25-23-33(4,15-14-32(25,3)16-17-35(24,36)6)30(40)41-21-20-37-18-8-9-19-37/h22,25,27,29H,8-21,23H2,1-7H3/t25-,27-,29+,32+,33-,34-,35+,36+/m0/s1. The molecule has 5 aliphatic carbocycles. The quantitative estimate of drug-likeness (QED) is 0.338. The number of allylic oxidation sites excluding steroid dienone is 2. The highest BCUT2D eigenvalue weighted by Crippen LogP contribution is 2.74. The molecule has 0 aromatic carbocycles. The first-order chi connectivity index (χ1) is 19.1. The van der Waals surface area contributed by atoms with Crippen molar-refractivity contribution in [3.63, 3.8) is 0 Å². The topological polar surface area (TPSA) is 63.7 Å². The molecule has 0 N–H and O–H groups in total. The summed E-state index contributed by atoms with van der Waals surface area (Å²) in [6.07, 6.45) is 12.9. The molecule has 6 aliphatic rings. The van der Waals surface area contributed by atoms with Gasteiger partial charge >= 0.3 is 5.97 Å². The van der Waals surface area contributed by atoms with E-state index in [0.29, 0.717) is 24.6 Å². The van der Waals surface area contributed by atoms with E-state index in [2.05, 4.69) is 59.4 Å². The van der Waals surface area contributed by atoms with Crippen LogP contribution in [-0.4, -0.2) is 48.7 Å². The average molecular weight is 566 g/mol. The molecule has 4 saturated carbocycles. The third kappa shape index (κ3) is 4.13. The van der Waals surface area contributed by atoms with Crippen LogP contribution in [0, 0.1) is 50.2 Å². The zero-order valence-electron chi connectivity index (χ0n) is 27.0. The Kier molecular flexibility index (Phi) is 6.86. The van der Waals surface area contributed by atoms with Crippen LogP contribution in [0.15, 0.2) is 11.6 Å². The molecule has 228 valence electrons. The maximum absolute atomic E-state index is 14.5. The molecule has 41 heavy (non-hydrogen) atoms. The number of carbonyl (C=O) groups excluding carboxylic acids is 3. The lowest BCUT2D eigenvalue weighted by molar-refractivity contribution is -0.188. The minimum Gasteiger partial charge on any atom is -0.464 e. The highest BCUT2D eigenvalue weighted by atomic mass is 16.5. The molecule has 0 amide bonds. The fraction of sp³-hybridized carbons (Fsp3) is 0.861. The summed E-state index contributed by atoms with van der Waals surface area (Å²) in [5.41, 5.74) is 0.197. The molecule has 1 aliphatic heterocycles. The van der Waals surface area contributed by atoms with Gasteiger partial charge in [-0.1, -0.05) is 47.1 Å². The molecule has 8 atom stereocenters. The van der Waals surface area contributed by atoms with Crippen molar-refractivity contribution in [2.45, 2.75) is 119 Å². The number of rotatable bonds is 4. The highest BCUT2D eigenvalue weighted by molar-refractivity contribution is 5.96. The molecular weight excluding hydrogens is 510 g/mol. The smallest absolute Gasteiger partial charge is 0.311 e. The van der Waals surface area contributed by atoms with Crippen molar-refractivity contribution < 1.29 is 19.1 Å². The number of nitrogens with zero attached hydrogens (tertiary/aromatic N) is 1. The molecule has 6 rings (SSSR count). The Bertz CT molecular complexity index is 1170. The van der Waals surface area contributed by atoms with Gasteiger partial charge in [-0.2, -0.15) is 0 Å². The highest BCUT2D eigenvalue weighted by Gasteiger charge is 2.70. The normalized spacial score (nSPS) is 47.5. The van der Waals surface area contributed by atoms with Crippen LogP contribution < -0.4 is 0 Å². The number of carbonyl (C=O) groups is 3. The number of ketones is 2. The van der Waals surface area contributed by atoms with Crippen LogP contribution in [0.25, 0.3) is 0 Å². The fourth-order valence-corrected chi connectivity index (χ4v) is 11.6. The van der Waals surface area contributed by atoms with Crippen molar-refractivity contribution in [2.75, 3.05) is 26.2 Å². The Labute approximate surface area is 248 Å². The van der Waals surface area contributed by atoms with Crippen molar-refractivity contribution in [1.29, 1.82) is 0 Å². The Morgan fingerprint density at radius 3 is 2.32 bits per heavy atom. The van der Waals surface area contributed by atoms with Gasteiger partial charge in [0.1, 0.15) is 12.4 Å². The van der Waals surface area contributed by atoms with Gasteiger partial charge < -0.3 is 4.74 Å². The van der Waals surface area contributed by atoms with Crippen molar-refractivity contribution in [1.82, 2.24) is 4.90 Å². The van der Waals surface area contributed by atoms with E-state index in [9.17, 15) is 14.4 Å². The van der Waals surface area contributed by atoms with Gasteiger partial charge in [-0.25, -0.2) is 0 Å². The molecular formula is C36H55NO4. The average Bonchev–Trinajstić information content (AvgIpc) is 3.42. The molecule has 1 heterocycles. The summed E-state index contributed by atoms with van der Waals surface area (Å²) in [6.45, 7) is 19.6. The van der Waals surface area contributed by atoms with Crippen molar-refractivity contribution in [3.8, 4) is 0 Å². The van der Waals surface area contributed by atoms with Crippen molar-refractivity contribution in [2.24, 2.45) is 50.2 Å². The van der Waals surface area contributed by atoms with E-state index < -0.39 is 5.41 Å². The number of fused-ring (bicyclic) bond motifs is 7. The summed E-state index contributed by atoms with van der Waals surface area (Å²) in [5, 5.41) is 0. The molecule has 0 bridgehead atoms. The van der Waals surface area contributed by atoms with Crippen LogP contribution in [0.4, 0.5) is 0 Å². The molecule has 5 heteroatoms. The van der Waals surface area contributed by atoms with E-state index in [1.54, 1.807) is 0 Å². The second-order valence-electron chi connectivity index (χ2n) is 17.1. The van der Waals surface area contributed by atoms with Crippen LogP contribution in [0.5, 0.6) is 0 Å². The van der Waals surface area contributed by atoms with Gasteiger partial charge in [0.25, 0.3) is 0 Å². The third-order valence-corrected chi connectivity index (χ3v) is 14.7. The van der Waals surface area contributed by atoms with Gasteiger partial charge in [0.05, 0.1) is 5.41 Å². The van der Waals surface area contributed by atoms with Gasteiger partial charge in [-0.3, -0.25) is 19.3 Å². The summed E-state index contributed by atoms with van der Waals surface area (Å²) >= 11 is 0. The first kappa shape index (κ1) is 29.6. The Morgan fingerprint density at radius 1 is 0.927 bits per heavy atom. The molecule has 1 saturated heterocycles. The lowest BCUT2D eigenvalue weighted by Crippen LogP contribution is -2.66. The van der Waals surface area contributed by atoms with E-state index in [0.717, 1.165) is 71.0 Å². The fourth-order valence-electron chi connectivity index (χ4n) is 11.6. The molecule has 0 radical (unpaired) electrons. The van der Waals surface area contributed by atoms with E-state index in [1.807, 2.05) is 0 Å². The summed E-state index contributed by atoms with van der Waals surface area (Å²) in [6, 6.07) is 0. The van der Waals surface area contributed by atoms with Crippen molar-refractivity contribution >= 4 is 17.5 Å². The molecule has 5 fully saturated rings. The Morgan fingerprint density at radius 2 is 1.61 bits per heavy atom. The maximum Gasteiger partial charge on any atom is 0.311 e. The minimum atomic E-state index is -0.507. The van der Waals surface area contributed by atoms with E-state index >= 15 is 0 Å². The number of ether oxygens (including phenoxy) is 1. The molecule has 0 aromatic heterocycles. The Hall–Kier alpha value is -1.49. The zero-order chi connectivity index (χ0) is 29.6. The summed E-state index contributed by atoms with van der Waals surface area (Å²) in [4.78, 5) is 43.5. The van der Waals surface area contributed by atoms with Gasteiger partial charge in [0.2, 0.25) is 0 Å². The predicted octanol–water partition coefficient (Wildman–Crippen LogP) is 7.18. The summed E-state index contributed by atoms with van der Waals surface area (Å²) in [7, 11) is 0. The zero-order valence-corrected chi connectivity index (χ0v) is 27.0. The lowest BCUT2D eigenvalue weighted by atomic mass is 9.33. The second-order valence-corrected chi connectivity index (χ2v) is 17.1. The van der Waals surface area contributed by atoms with Crippen molar-refractivity contribution in [3.05, 3.63) is 11.6 Å². The summed E-state index contributed by atoms with van der Waals surface area (Å²) in [5.74, 6) is 1.05. The van der Waals surface area contributed by atoms with Gasteiger partial charge in [-0.15, -0.1) is 0 Å². The first-order valence-electron chi connectivity index (χ1n) is 16.8. The predicted molar refractivity (Wildman–Crippen MR) is 161 cm³/mol. The number of likely N-dealkylation sites (tertiary alicyclic amines) is 1. The van der Waals surface area contributed by atoms with E-state index in [4.69, 9.17) is 4.74 Å². The maximum atomic E-state index is 14.5.